The average molecular weight is 253 g/mol. The molecule has 1 atom stereocenters. The zero-order valence-corrected chi connectivity index (χ0v) is 10.3. The zero-order chi connectivity index (χ0) is 10.4. The largest absolute Gasteiger partial charge is 0.0998 e. The molecule has 0 aliphatic carbocycles. The summed E-state index contributed by atoms with van der Waals surface area (Å²) in [5.74, 6) is 0.607. The molecule has 1 unspecified atom stereocenters. The fourth-order valence-corrected chi connectivity index (χ4v) is 2.32. The van der Waals surface area contributed by atoms with Crippen molar-refractivity contribution in [3.63, 3.8) is 0 Å². The molecule has 0 aliphatic heterocycles. The lowest BCUT2D eigenvalue weighted by Crippen LogP contribution is -2.04. The van der Waals surface area contributed by atoms with Gasteiger partial charge in [0.05, 0.1) is 0 Å². The molecule has 0 fully saturated rings. The van der Waals surface area contributed by atoms with Gasteiger partial charge in [-0.3, -0.25) is 0 Å². The fourth-order valence-electron chi connectivity index (χ4n) is 1.44. The summed E-state index contributed by atoms with van der Waals surface area (Å²) in [6.45, 7) is 6.12. The van der Waals surface area contributed by atoms with Crippen LogP contribution in [0, 0.1) is 5.92 Å². The molecule has 0 saturated carbocycles. The zero-order valence-electron chi connectivity index (χ0n) is 8.67. The van der Waals surface area contributed by atoms with E-state index < -0.39 is 0 Å². The number of allylic oxidation sites excluding steroid dienone is 1. The molecule has 0 aliphatic rings. The topological polar surface area (TPSA) is 0 Å². The first-order valence-electron chi connectivity index (χ1n) is 4.99. The predicted octanol–water partition coefficient (Wildman–Crippen LogP) is 4.21. The quantitative estimate of drug-likeness (QED) is 0.544. The highest BCUT2D eigenvalue weighted by molar-refractivity contribution is 9.09. The Morgan fingerprint density at radius 2 is 2.00 bits per heavy atom. The minimum absolute atomic E-state index is 0.607. The van der Waals surface area contributed by atoms with Crippen LogP contribution in [0.3, 0.4) is 0 Å². The first kappa shape index (κ1) is 11.5. The van der Waals surface area contributed by atoms with Gasteiger partial charge in [0, 0.05) is 5.33 Å². The van der Waals surface area contributed by atoms with Crippen molar-refractivity contribution >= 4 is 15.9 Å². The number of rotatable bonds is 5. The lowest BCUT2D eigenvalue weighted by Gasteiger charge is -2.13. The van der Waals surface area contributed by atoms with E-state index in [1.165, 1.54) is 17.6 Å². The number of halogens is 1. The van der Waals surface area contributed by atoms with Gasteiger partial charge in [-0.2, -0.15) is 0 Å². The third kappa shape index (κ3) is 3.67. The molecule has 0 heterocycles. The Morgan fingerprint density at radius 1 is 1.36 bits per heavy atom. The lowest BCUT2D eigenvalue weighted by molar-refractivity contribution is 0.628. The normalized spacial score (nSPS) is 12.4. The Hall–Kier alpha value is -0.560. The molecule has 0 amide bonds. The summed E-state index contributed by atoms with van der Waals surface area (Å²) >= 11 is 3.53. The van der Waals surface area contributed by atoms with Gasteiger partial charge in [-0.1, -0.05) is 58.4 Å². The third-order valence-corrected chi connectivity index (χ3v) is 3.29. The van der Waals surface area contributed by atoms with Crippen LogP contribution in [-0.4, -0.2) is 5.33 Å². The average Bonchev–Trinajstić information content (AvgIpc) is 2.20. The van der Waals surface area contributed by atoms with Gasteiger partial charge in [0.15, 0.2) is 0 Å². The van der Waals surface area contributed by atoms with Crippen LogP contribution in [0.25, 0.3) is 0 Å². The van der Waals surface area contributed by atoms with Crippen molar-refractivity contribution in [1.82, 2.24) is 0 Å². The molecule has 1 rings (SSSR count). The minimum Gasteiger partial charge on any atom is -0.0998 e. The molecule has 1 aromatic carbocycles. The second-order valence-electron chi connectivity index (χ2n) is 3.72. The van der Waals surface area contributed by atoms with Gasteiger partial charge in [-0.05, 0) is 31.2 Å². The second-order valence-corrected chi connectivity index (χ2v) is 4.37. The summed E-state index contributed by atoms with van der Waals surface area (Å²) in [4.78, 5) is 0. The van der Waals surface area contributed by atoms with E-state index in [4.69, 9.17) is 0 Å². The first-order chi connectivity index (χ1) is 6.74. The molecule has 76 valence electrons. The Labute approximate surface area is 95.2 Å². The van der Waals surface area contributed by atoms with Crippen LogP contribution in [0.5, 0.6) is 0 Å². The molecule has 0 radical (unpaired) electrons. The van der Waals surface area contributed by atoms with Gasteiger partial charge < -0.3 is 0 Å². The summed E-state index contributed by atoms with van der Waals surface area (Å²) in [5.41, 5.74) is 2.69. The van der Waals surface area contributed by atoms with E-state index in [1.807, 2.05) is 0 Å². The van der Waals surface area contributed by atoms with Crippen LogP contribution in [0.15, 0.2) is 42.5 Å². The van der Waals surface area contributed by atoms with Gasteiger partial charge >= 0.3 is 0 Å². The highest BCUT2D eigenvalue weighted by atomic mass is 79.9. The minimum atomic E-state index is 0.607. The van der Waals surface area contributed by atoms with Crippen molar-refractivity contribution in [2.24, 2.45) is 5.92 Å². The number of hydrogen-bond acceptors (Lipinski definition) is 0. The Morgan fingerprint density at radius 3 is 2.50 bits per heavy atom. The van der Waals surface area contributed by atoms with Crippen molar-refractivity contribution in [2.75, 3.05) is 5.33 Å². The Kier molecular flexibility index (Phi) is 4.95. The van der Waals surface area contributed by atoms with Gasteiger partial charge in [0.25, 0.3) is 0 Å². The van der Waals surface area contributed by atoms with Crippen LogP contribution < -0.4 is 0 Å². The number of benzene rings is 1. The molecule has 0 nitrogen and oxygen atoms in total. The Balaban J connectivity index is 2.44. The maximum Gasteiger partial charge on any atom is 0.00968 e. The van der Waals surface area contributed by atoms with Crippen molar-refractivity contribution in [1.29, 1.82) is 0 Å². The molecular formula is C13H17Br. The van der Waals surface area contributed by atoms with E-state index in [0.29, 0.717) is 5.92 Å². The van der Waals surface area contributed by atoms with Crippen molar-refractivity contribution < 1.29 is 0 Å². The third-order valence-electron chi connectivity index (χ3n) is 2.51. The van der Waals surface area contributed by atoms with Gasteiger partial charge in [-0.25, -0.2) is 0 Å². The van der Waals surface area contributed by atoms with Gasteiger partial charge in [0.1, 0.15) is 0 Å². The number of aryl methyl sites for hydroxylation is 1. The van der Waals surface area contributed by atoms with E-state index in [-0.39, 0.29) is 0 Å². The van der Waals surface area contributed by atoms with E-state index >= 15 is 0 Å². The highest BCUT2D eigenvalue weighted by Crippen LogP contribution is 2.18. The second kappa shape index (κ2) is 6.02. The molecule has 14 heavy (non-hydrogen) atoms. The summed E-state index contributed by atoms with van der Waals surface area (Å²) in [6.07, 6.45) is 2.33. The van der Waals surface area contributed by atoms with Crippen LogP contribution in [-0.2, 0) is 6.42 Å². The highest BCUT2D eigenvalue weighted by Gasteiger charge is 2.07. The van der Waals surface area contributed by atoms with Crippen LogP contribution in [0.4, 0.5) is 0 Å². The maximum atomic E-state index is 4.01. The standard InChI is InChI=1S/C13H17Br/c1-11(2)13(10-14)9-8-12-6-4-3-5-7-12/h3-7,13H,1,8-10H2,2H3. The molecule has 1 aromatic rings. The predicted molar refractivity (Wildman–Crippen MR) is 66.9 cm³/mol. The van der Waals surface area contributed by atoms with Crippen molar-refractivity contribution in [2.45, 2.75) is 19.8 Å². The lowest BCUT2D eigenvalue weighted by atomic mass is 9.96. The summed E-state index contributed by atoms with van der Waals surface area (Å²) in [5, 5.41) is 1.02. The maximum absolute atomic E-state index is 4.01. The van der Waals surface area contributed by atoms with Crippen LogP contribution in [0.1, 0.15) is 18.9 Å². The molecule has 1 heteroatoms. The van der Waals surface area contributed by atoms with E-state index in [0.717, 1.165) is 11.8 Å². The summed E-state index contributed by atoms with van der Waals surface area (Å²) < 4.78 is 0. The monoisotopic (exact) mass is 252 g/mol. The first-order valence-corrected chi connectivity index (χ1v) is 6.11. The van der Waals surface area contributed by atoms with Gasteiger partial charge in [-0.15, -0.1) is 0 Å². The van der Waals surface area contributed by atoms with E-state index in [2.05, 4.69) is 59.8 Å². The Bertz CT molecular complexity index is 277. The van der Waals surface area contributed by atoms with Crippen molar-refractivity contribution in [3.05, 3.63) is 48.0 Å². The van der Waals surface area contributed by atoms with Crippen LogP contribution in [0.2, 0.25) is 0 Å². The molecular weight excluding hydrogens is 236 g/mol. The summed E-state index contributed by atoms with van der Waals surface area (Å²) in [6, 6.07) is 10.6. The van der Waals surface area contributed by atoms with Crippen molar-refractivity contribution in [3.8, 4) is 0 Å². The van der Waals surface area contributed by atoms with E-state index in [1.54, 1.807) is 0 Å². The smallest absolute Gasteiger partial charge is 0.00968 e. The van der Waals surface area contributed by atoms with E-state index in [9.17, 15) is 0 Å². The molecule has 0 saturated heterocycles. The number of alkyl halides is 1. The van der Waals surface area contributed by atoms with Crippen LogP contribution >= 0.6 is 15.9 Å². The molecule has 0 aromatic heterocycles. The fraction of sp³-hybridized carbons (Fsp3) is 0.385. The SMILES string of the molecule is C=C(C)C(CBr)CCc1ccccc1. The van der Waals surface area contributed by atoms with Gasteiger partial charge in [0.2, 0.25) is 0 Å². The number of hydrogen-bond donors (Lipinski definition) is 0. The molecule has 0 bridgehead atoms. The summed E-state index contributed by atoms with van der Waals surface area (Å²) in [7, 11) is 0. The molecule has 0 spiro atoms. The molecule has 0 N–H and O–H groups in total.